The summed E-state index contributed by atoms with van der Waals surface area (Å²) >= 11 is 0. The van der Waals surface area contributed by atoms with Crippen LogP contribution in [0.25, 0.3) is 0 Å². The first-order valence-electron chi connectivity index (χ1n) is 6.72. The van der Waals surface area contributed by atoms with E-state index in [1.54, 1.807) is 17.9 Å². The number of aromatic nitrogens is 2. The van der Waals surface area contributed by atoms with Crippen LogP contribution in [0.15, 0.2) is 12.4 Å². The fourth-order valence-electron chi connectivity index (χ4n) is 2.37. The van der Waals surface area contributed by atoms with Gasteiger partial charge in [0.2, 0.25) is 5.91 Å². The van der Waals surface area contributed by atoms with E-state index >= 15 is 0 Å². The number of halogens is 1. The van der Waals surface area contributed by atoms with E-state index in [2.05, 4.69) is 17.3 Å². The van der Waals surface area contributed by atoms with Gasteiger partial charge in [-0.1, -0.05) is 6.92 Å². The number of nitrogens with zero attached hydrogens (tertiary/aromatic N) is 3. The summed E-state index contributed by atoms with van der Waals surface area (Å²) in [6.45, 7) is 4.03. The molecule has 114 valence electrons. The maximum atomic E-state index is 12.6. The van der Waals surface area contributed by atoms with E-state index in [0.29, 0.717) is 19.7 Å². The van der Waals surface area contributed by atoms with Crippen molar-refractivity contribution in [1.29, 1.82) is 0 Å². The normalized spacial score (nSPS) is 20.4. The SMILES string of the molecule is CCC1CN(C(=O)C(NC)c2cnn(C)c2)CCO1.Cl. The third kappa shape index (κ3) is 3.71. The third-order valence-corrected chi connectivity index (χ3v) is 3.50. The van der Waals surface area contributed by atoms with Gasteiger partial charge in [0.05, 0.1) is 18.9 Å². The van der Waals surface area contributed by atoms with Crippen LogP contribution in [0.1, 0.15) is 24.9 Å². The summed E-state index contributed by atoms with van der Waals surface area (Å²) < 4.78 is 7.31. The summed E-state index contributed by atoms with van der Waals surface area (Å²) in [6.07, 6.45) is 4.69. The number of amides is 1. The summed E-state index contributed by atoms with van der Waals surface area (Å²) in [4.78, 5) is 14.5. The van der Waals surface area contributed by atoms with Crippen molar-refractivity contribution in [2.45, 2.75) is 25.5 Å². The second-order valence-corrected chi connectivity index (χ2v) is 4.85. The van der Waals surface area contributed by atoms with Gasteiger partial charge >= 0.3 is 0 Å². The lowest BCUT2D eigenvalue weighted by Gasteiger charge is -2.34. The van der Waals surface area contributed by atoms with Gasteiger partial charge in [-0.3, -0.25) is 9.48 Å². The van der Waals surface area contributed by atoms with E-state index in [1.807, 2.05) is 18.1 Å². The summed E-state index contributed by atoms with van der Waals surface area (Å²) in [5.41, 5.74) is 0.898. The van der Waals surface area contributed by atoms with Crippen molar-refractivity contribution in [2.75, 3.05) is 26.7 Å². The lowest BCUT2D eigenvalue weighted by molar-refractivity contribution is -0.141. The van der Waals surface area contributed by atoms with Gasteiger partial charge in [-0.15, -0.1) is 12.4 Å². The second-order valence-electron chi connectivity index (χ2n) is 4.85. The fourth-order valence-corrected chi connectivity index (χ4v) is 2.37. The van der Waals surface area contributed by atoms with Crippen LogP contribution in [0.5, 0.6) is 0 Å². The molecule has 1 aliphatic heterocycles. The number of ether oxygens (including phenoxy) is 1. The number of carbonyl (C=O) groups excluding carboxylic acids is 1. The number of rotatable bonds is 4. The highest BCUT2D eigenvalue weighted by Gasteiger charge is 2.29. The molecule has 0 aliphatic carbocycles. The molecular formula is C13H23ClN4O2. The molecule has 0 radical (unpaired) electrons. The second kappa shape index (κ2) is 7.61. The Morgan fingerprint density at radius 3 is 2.95 bits per heavy atom. The molecule has 1 amide bonds. The molecule has 0 bridgehead atoms. The molecule has 1 N–H and O–H groups in total. The Morgan fingerprint density at radius 2 is 2.40 bits per heavy atom. The molecular weight excluding hydrogens is 280 g/mol. The molecule has 2 heterocycles. The van der Waals surface area contributed by atoms with Gasteiger partial charge in [0.1, 0.15) is 6.04 Å². The standard InChI is InChI=1S/C13H22N4O2.ClH/c1-4-11-9-17(5-6-19-11)13(18)12(14-2)10-7-15-16(3)8-10;/h7-8,11-12,14H,4-6,9H2,1-3H3;1H. The van der Waals surface area contributed by atoms with E-state index in [0.717, 1.165) is 12.0 Å². The van der Waals surface area contributed by atoms with E-state index < -0.39 is 0 Å². The van der Waals surface area contributed by atoms with Crippen LogP contribution < -0.4 is 5.32 Å². The summed E-state index contributed by atoms with van der Waals surface area (Å²) in [6, 6.07) is -0.329. The van der Waals surface area contributed by atoms with Gasteiger partial charge in [-0.2, -0.15) is 5.10 Å². The van der Waals surface area contributed by atoms with E-state index in [9.17, 15) is 4.79 Å². The molecule has 0 spiro atoms. The molecule has 2 unspecified atom stereocenters. The molecule has 0 saturated carbocycles. The lowest BCUT2D eigenvalue weighted by atomic mass is 10.1. The predicted octanol–water partition coefficient (Wildman–Crippen LogP) is 0.740. The van der Waals surface area contributed by atoms with Crippen molar-refractivity contribution in [1.82, 2.24) is 20.0 Å². The number of carbonyl (C=O) groups is 1. The van der Waals surface area contributed by atoms with Gasteiger partial charge in [0, 0.05) is 31.9 Å². The van der Waals surface area contributed by atoms with Gasteiger partial charge in [-0.25, -0.2) is 0 Å². The van der Waals surface area contributed by atoms with Crippen molar-refractivity contribution >= 4 is 18.3 Å². The quantitative estimate of drug-likeness (QED) is 0.891. The van der Waals surface area contributed by atoms with Crippen LogP contribution in [0, 0.1) is 0 Å². The monoisotopic (exact) mass is 302 g/mol. The molecule has 20 heavy (non-hydrogen) atoms. The highest BCUT2D eigenvalue weighted by atomic mass is 35.5. The molecule has 1 aromatic rings. The Balaban J connectivity index is 0.00000200. The van der Waals surface area contributed by atoms with Crippen LogP contribution >= 0.6 is 12.4 Å². The molecule has 6 nitrogen and oxygen atoms in total. The lowest BCUT2D eigenvalue weighted by Crippen LogP contribution is -2.49. The summed E-state index contributed by atoms with van der Waals surface area (Å²) in [5, 5.41) is 7.20. The van der Waals surface area contributed by atoms with Gasteiger partial charge < -0.3 is 15.0 Å². The van der Waals surface area contributed by atoms with E-state index in [-0.39, 0.29) is 30.5 Å². The molecule has 0 aromatic carbocycles. The number of hydrogen-bond donors (Lipinski definition) is 1. The Hall–Kier alpha value is -1.11. The van der Waals surface area contributed by atoms with Crippen LogP contribution in [0.2, 0.25) is 0 Å². The Labute approximate surface area is 125 Å². The number of hydrogen-bond acceptors (Lipinski definition) is 4. The summed E-state index contributed by atoms with van der Waals surface area (Å²) in [5.74, 6) is 0.0947. The minimum Gasteiger partial charge on any atom is -0.375 e. The van der Waals surface area contributed by atoms with Crippen molar-refractivity contribution in [3.8, 4) is 0 Å². The molecule has 1 aromatic heterocycles. The zero-order chi connectivity index (χ0) is 13.8. The van der Waals surface area contributed by atoms with Crippen LogP contribution in [0.4, 0.5) is 0 Å². The van der Waals surface area contributed by atoms with E-state index in [4.69, 9.17) is 4.74 Å². The minimum atomic E-state index is -0.329. The predicted molar refractivity (Wildman–Crippen MR) is 78.9 cm³/mol. The van der Waals surface area contributed by atoms with Crippen molar-refractivity contribution in [3.63, 3.8) is 0 Å². The Bertz CT molecular complexity index is 438. The number of aryl methyl sites for hydroxylation is 1. The van der Waals surface area contributed by atoms with Crippen molar-refractivity contribution in [3.05, 3.63) is 18.0 Å². The highest BCUT2D eigenvalue weighted by Crippen LogP contribution is 2.17. The third-order valence-electron chi connectivity index (χ3n) is 3.50. The van der Waals surface area contributed by atoms with Gasteiger partial charge in [0.15, 0.2) is 0 Å². The van der Waals surface area contributed by atoms with Crippen molar-refractivity contribution < 1.29 is 9.53 Å². The molecule has 2 atom stereocenters. The maximum absolute atomic E-state index is 12.6. The van der Waals surface area contributed by atoms with Gasteiger partial charge in [0.25, 0.3) is 0 Å². The molecule has 7 heteroatoms. The molecule has 1 fully saturated rings. The smallest absolute Gasteiger partial charge is 0.244 e. The zero-order valence-corrected chi connectivity index (χ0v) is 13.0. The zero-order valence-electron chi connectivity index (χ0n) is 12.2. The largest absolute Gasteiger partial charge is 0.375 e. The number of morpholine rings is 1. The average molecular weight is 303 g/mol. The first kappa shape index (κ1) is 16.9. The highest BCUT2D eigenvalue weighted by molar-refractivity contribution is 5.85. The summed E-state index contributed by atoms with van der Waals surface area (Å²) in [7, 11) is 3.65. The first-order chi connectivity index (χ1) is 9.15. The number of nitrogens with one attached hydrogen (secondary N) is 1. The molecule has 1 saturated heterocycles. The van der Waals surface area contributed by atoms with Crippen LogP contribution in [0.3, 0.4) is 0 Å². The van der Waals surface area contributed by atoms with Gasteiger partial charge in [-0.05, 0) is 13.5 Å². The van der Waals surface area contributed by atoms with Crippen LogP contribution in [-0.4, -0.2) is 53.4 Å². The number of likely N-dealkylation sites (N-methyl/N-ethyl adjacent to an activating group) is 1. The average Bonchev–Trinajstić information content (AvgIpc) is 2.86. The minimum absolute atomic E-state index is 0. The topological polar surface area (TPSA) is 59.4 Å². The molecule has 2 rings (SSSR count). The fraction of sp³-hybridized carbons (Fsp3) is 0.692. The molecule has 1 aliphatic rings. The van der Waals surface area contributed by atoms with E-state index in [1.165, 1.54) is 0 Å². The Kier molecular flexibility index (Phi) is 6.45. The van der Waals surface area contributed by atoms with Crippen molar-refractivity contribution in [2.24, 2.45) is 7.05 Å². The first-order valence-corrected chi connectivity index (χ1v) is 6.72. The maximum Gasteiger partial charge on any atom is 0.244 e. The Morgan fingerprint density at radius 1 is 1.65 bits per heavy atom. The van der Waals surface area contributed by atoms with Crippen LogP contribution in [-0.2, 0) is 16.6 Å².